The molecule has 2 unspecified atom stereocenters. The minimum atomic E-state index is -0.415. The summed E-state index contributed by atoms with van der Waals surface area (Å²) in [6.07, 6.45) is 1.95. The molecule has 0 saturated carbocycles. The van der Waals surface area contributed by atoms with Gasteiger partial charge in [0.15, 0.2) is 0 Å². The van der Waals surface area contributed by atoms with Crippen molar-refractivity contribution in [2.75, 3.05) is 6.54 Å². The molecule has 3 rings (SSSR count). The van der Waals surface area contributed by atoms with Crippen LogP contribution in [0.2, 0.25) is 5.02 Å². The van der Waals surface area contributed by atoms with Crippen LogP contribution in [0, 0.1) is 0 Å². The normalized spacial score (nSPS) is 17.3. The van der Waals surface area contributed by atoms with Gasteiger partial charge in [-0.2, -0.15) is 0 Å². The zero-order valence-electron chi connectivity index (χ0n) is 13.8. The minimum absolute atomic E-state index is 0.0584. The molecule has 2 aromatic rings. The van der Waals surface area contributed by atoms with E-state index in [9.17, 15) is 9.59 Å². The highest BCUT2D eigenvalue weighted by molar-refractivity contribution is 6.31. The highest BCUT2D eigenvalue weighted by Crippen LogP contribution is 2.21. The van der Waals surface area contributed by atoms with E-state index in [2.05, 4.69) is 15.3 Å². The molecule has 1 aromatic heterocycles. The molecule has 0 radical (unpaired) electrons. The lowest BCUT2D eigenvalue weighted by Crippen LogP contribution is -2.47. The predicted molar refractivity (Wildman–Crippen MR) is 92.7 cm³/mol. The van der Waals surface area contributed by atoms with Gasteiger partial charge in [0.2, 0.25) is 11.8 Å². The average molecular weight is 349 g/mol. The van der Waals surface area contributed by atoms with Crippen molar-refractivity contribution in [1.82, 2.24) is 20.2 Å². The number of hydrogen-bond acceptors (Lipinski definition) is 3. The third-order valence-corrected chi connectivity index (χ3v) is 4.64. The van der Waals surface area contributed by atoms with Crippen molar-refractivity contribution in [3.8, 4) is 0 Å². The zero-order valence-corrected chi connectivity index (χ0v) is 14.6. The number of imidazole rings is 1. The Hall–Kier alpha value is -2.08. The van der Waals surface area contributed by atoms with Crippen LogP contribution in [0.25, 0.3) is 11.0 Å². The van der Waals surface area contributed by atoms with E-state index in [0.717, 1.165) is 17.5 Å². The lowest BCUT2D eigenvalue weighted by molar-refractivity contribution is -0.137. The van der Waals surface area contributed by atoms with Gasteiger partial charge in [0.05, 0.1) is 17.1 Å². The van der Waals surface area contributed by atoms with Gasteiger partial charge in [0.25, 0.3) is 0 Å². The van der Waals surface area contributed by atoms with Crippen molar-refractivity contribution in [1.29, 1.82) is 0 Å². The maximum absolute atomic E-state index is 12.6. The van der Waals surface area contributed by atoms with Gasteiger partial charge in [-0.3, -0.25) is 9.59 Å². The number of nitrogens with one attached hydrogen (secondary N) is 2. The predicted octanol–water partition coefficient (Wildman–Crippen LogP) is 2.79. The van der Waals surface area contributed by atoms with Crippen LogP contribution in [0.15, 0.2) is 18.2 Å². The molecule has 7 heteroatoms. The van der Waals surface area contributed by atoms with Gasteiger partial charge in [-0.05, 0) is 38.0 Å². The first kappa shape index (κ1) is 16.8. The summed E-state index contributed by atoms with van der Waals surface area (Å²) in [7, 11) is 0. The summed E-state index contributed by atoms with van der Waals surface area (Å²) in [5.74, 6) is 0.588. The summed E-state index contributed by atoms with van der Waals surface area (Å²) in [6.45, 7) is 4.45. The number of fused-ring (bicyclic) bond motifs is 1. The molecule has 2 amide bonds. The molecule has 2 heterocycles. The monoisotopic (exact) mass is 348 g/mol. The first-order valence-electron chi connectivity index (χ1n) is 8.24. The number of H-pyrrole nitrogens is 1. The fraction of sp³-hybridized carbons (Fsp3) is 0.471. The van der Waals surface area contributed by atoms with Crippen molar-refractivity contribution >= 4 is 34.4 Å². The zero-order chi connectivity index (χ0) is 17.3. The van der Waals surface area contributed by atoms with E-state index < -0.39 is 6.04 Å². The summed E-state index contributed by atoms with van der Waals surface area (Å²) in [4.78, 5) is 33.9. The van der Waals surface area contributed by atoms with Crippen LogP contribution in [-0.2, 0) is 9.59 Å². The van der Waals surface area contributed by atoms with Crippen LogP contribution in [0.1, 0.15) is 45.0 Å². The van der Waals surface area contributed by atoms with Gasteiger partial charge >= 0.3 is 0 Å². The number of aromatic amines is 1. The van der Waals surface area contributed by atoms with Crippen molar-refractivity contribution in [2.24, 2.45) is 0 Å². The highest BCUT2D eigenvalue weighted by atomic mass is 35.5. The Morgan fingerprint density at radius 2 is 2.29 bits per heavy atom. The van der Waals surface area contributed by atoms with Gasteiger partial charge in [-0.15, -0.1) is 0 Å². The van der Waals surface area contributed by atoms with Crippen LogP contribution in [0.4, 0.5) is 0 Å². The number of nitrogens with zero attached hydrogens (tertiary/aromatic N) is 2. The Morgan fingerprint density at radius 1 is 1.50 bits per heavy atom. The van der Waals surface area contributed by atoms with Gasteiger partial charge in [0.1, 0.15) is 11.9 Å². The van der Waals surface area contributed by atoms with Gasteiger partial charge in [-0.1, -0.05) is 18.5 Å². The summed E-state index contributed by atoms with van der Waals surface area (Å²) < 4.78 is 0. The first-order chi connectivity index (χ1) is 11.5. The third kappa shape index (κ3) is 3.24. The van der Waals surface area contributed by atoms with E-state index in [1.54, 1.807) is 17.0 Å². The first-order valence-corrected chi connectivity index (χ1v) is 8.62. The molecular weight excluding hydrogens is 328 g/mol. The second-order valence-electron chi connectivity index (χ2n) is 6.13. The molecule has 1 aliphatic rings. The Kier molecular flexibility index (Phi) is 4.76. The van der Waals surface area contributed by atoms with E-state index in [0.29, 0.717) is 30.2 Å². The van der Waals surface area contributed by atoms with E-state index >= 15 is 0 Å². The van der Waals surface area contributed by atoms with Crippen molar-refractivity contribution in [3.05, 3.63) is 29.0 Å². The molecule has 1 fully saturated rings. The van der Waals surface area contributed by atoms with Gasteiger partial charge in [0, 0.05) is 18.0 Å². The Morgan fingerprint density at radius 3 is 2.96 bits per heavy atom. The summed E-state index contributed by atoms with van der Waals surface area (Å²) in [5, 5.41) is 3.59. The average Bonchev–Trinajstić information content (AvgIpc) is 3.14. The van der Waals surface area contributed by atoms with E-state index in [-0.39, 0.29) is 17.9 Å². The Bertz CT molecular complexity index is 773. The number of likely N-dealkylation sites (tertiary alicyclic amines) is 1. The fourth-order valence-electron chi connectivity index (χ4n) is 3.13. The maximum atomic E-state index is 12.6. The van der Waals surface area contributed by atoms with Crippen LogP contribution in [0.3, 0.4) is 0 Å². The topological polar surface area (TPSA) is 78.1 Å². The summed E-state index contributed by atoms with van der Waals surface area (Å²) >= 11 is 5.98. The summed E-state index contributed by atoms with van der Waals surface area (Å²) in [5.41, 5.74) is 1.64. The van der Waals surface area contributed by atoms with E-state index in [4.69, 9.17) is 11.6 Å². The van der Waals surface area contributed by atoms with Crippen LogP contribution < -0.4 is 5.32 Å². The third-order valence-electron chi connectivity index (χ3n) is 4.41. The smallest absolute Gasteiger partial charge is 0.243 e. The maximum Gasteiger partial charge on any atom is 0.243 e. The molecule has 1 aromatic carbocycles. The Labute approximate surface area is 145 Å². The van der Waals surface area contributed by atoms with Crippen molar-refractivity contribution in [3.63, 3.8) is 0 Å². The van der Waals surface area contributed by atoms with Crippen molar-refractivity contribution in [2.45, 2.75) is 45.2 Å². The van der Waals surface area contributed by atoms with Crippen LogP contribution in [-0.4, -0.2) is 39.3 Å². The second kappa shape index (κ2) is 6.81. The minimum Gasteiger partial charge on any atom is -0.345 e. The summed E-state index contributed by atoms with van der Waals surface area (Å²) in [6, 6.07) is 4.73. The SMILES string of the molecule is CCC(C(=O)NC(C)c1nc2ccc(Cl)cc2[nH]1)N1CCCC1=O. The molecule has 128 valence electrons. The van der Waals surface area contributed by atoms with Crippen LogP contribution >= 0.6 is 11.6 Å². The Balaban J connectivity index is 1.73. The largest absolute Gasteiger partial charge is 0.345 e. The number of benzene rings is 1. The molecule has 0 aliphatic carbocycles. The van der Waals surface area contributed by atoms with Crippen molar-refractivity contribution < 1.29 is 9.59 Å². The quantitative estimate of drug-likeness (QED) is 0.872. The molecule has 1 saturated heterocycles. The molecule has 2 N–H and O–H groups in total. The molecule has 1 aliphatic heterocycles. The highest BCUT2D eigenvalue weighted by Gasteiger charge is 2.32. The van der Waals surface area contributed by atoms with E-state index in [1.807, 2.05) is 19.9 Å². The number of halogens is 1. The lowest BCUT2D eigenvalue weighted by atomic mass is 10.1. The molecule has 24 heavy (non-hydrogen) atoms. The number of carbonyl (C=O) groups is 2. The molecule has 0 bridgehead atoms. The lowest BCUT2D eigenvalue weighted by Gasteiger charge is -2.26. The fourth-order valence-corrected chi connectivity index (χ4v) is 3.30. The van der Waals surface area contributed by atoms with Gasteiger partial charge < -0.3 is 15.2 Å². The molecule has 6 nitrogen and oxygen atoms in total. The molecule has 2 atom stereocenters. The molecule has 0 spiro atoms. The van der Waals surface area contributed by atoms with Crippen LogP contribution in [0.5, 0.6) is 0 Å². The van der Waals surface area contributed by atoms with E-state index in [1.165, 1.54) is 0 Å². The number of carbonyl (C=O) groups excluding carboxylic acids is 2. The number of amides is 2. The number of hydrogen-bond donors (Lipinski definition) is 2. The number of rotatable bonds is 5. The molecular formula is C17H21ClN4O2. The number of aromatic nitrogens is 2. The second-order valence-corrected chi connectivity index (χ2v) is 6.56. The van der Waals surface area contributed by atoms with Gasteiger partial charge in [-0.25, -0.2) is 4.98 Å². The standard InChI is InChI=1S/C17H21ClN4O2/c1-3-14(22-8-4-5-15(22)23)17(24)19-10(2)16-20-12-7-6-11(18)9-13(12)21-16/h6-7,9-10,14H,3-5,8H2,1-2H3,(H,19,24)(H,20,21).